The minimum Gasteiger partial charge on any atom is -0.462 e. The van der Waals surface area contributed by atoms with Gasteiger partial charge in [-0.2, -0.15) is 5.10 Å². The summed E-state index contributed by atoms with van der Waals surface area (Å²) in [6, 6.07) is 13.4. The maximum absolute atomic E-state index is 12.8. The molecule has 33 heavy (non-hydrogen) atoms. The molecule has 1 aromatic heterocycles. The van der Waals surface area contributed by atoms with E-state index in [1.807, 2.05) is 32.9 Å². The zero-order valence-electron chi connectivity index (χ0n) is 19.0. The van der Waals surface area contributed by atoms with Crippen molar-refractivity contribution in [3.63, 3.8) is 0 Å². The Balaban J connectivity index is 1.61. The van der Waals surface area contributed by atoms with E-state index in [-0.39, 0.29) is 18.8 Å². The van der Waals surface area contributed by atoms with Gasteiger partial charge in [-0.25, -0.2) is 14.3 Å². The first-order valence-electron chi connectivity index (χ1n) is 10.6. The number of carbonyl (C=O) groups excluding carboxylic acids is 2. The highest BCUT2D eigenvalue weighted by Crippen LogP contribution is 2.34. The van der Waals surface area contributed by atoms with Crippen LogP contribution < -0.4 is 20.1 Å². The van der Waals surface area contributed by atoms with Crippen LogP contribution in [-0.2, 0) is 10.2 Å². The third kappa shape index (κ3) is 4.92. The SMILES string of the molecule is CCOC(=O)c1cccc(-n2nc(C(C)(C)C)cc2NC(=O)Nc2ccc3c(c2)OCO3)c1. The maximum atomic E-state index is 12.8. The molecule has 1 aliphatic rings. The van der Waals surface area contributed by atoms with E-state index in [1.165, 1.54) is 0 Å². The second-order valence-electron chi connectivity index (χ2n) is 8.49. The van der Waals surface area contributed by atoms with E-state index in [9.17, 15) is 9.59 Å². The van der Waals surface area contributed by atoms with Gasteiger partial charge in [0.15, 0.2) is 11.5 Å². The number of fused-ring (bicyclic) bond motifs is 1. The average molecular weight is 450 g/mol. The lowest BCUT2D eigenvalue weighted by molar-refractivity contribution is 0.0526. The number of nitrogens with zero attached hydrogens (tertiary/aromatic N) is 2. The summed E-state index contributed by atoms with van der Waals surface area (Å²) in [5, 5.41) is 10.3. The van der Waals surface area contributed by atoms with Crippen molar-refractivity contribution in [2.45, 2.75) is 33.1 Å². The summed E-state index contributed by atoms with van der Waals surface area (Å²) < 4.78 is 17.4. The topological polar surface area (TPSA) is 104 Å². The molecule has 3 aromatic rings. The molecule has 0 unspecified atom stereocenters. The van der Waals surface area contributed by atoms with Crippen molar-refractivity contribution in [3.8, 4) is 17.2 Å². The van der Waals surface area contributed by atoms with Crippen LogP contribution >= 0.6 is 0 Å². The summed E-state index contributed by atoms with van der Waals surface area (Å²) in [5.74, 6) is 1.25. The molecule has 9 nitrogen and oxygen atoms in total. The van der Waals surface area contributed by atoms with Gasteiger partial charge in [0.2, 0.25) is 6.79 Å². The Bertz CT molecular complexity index is 1200. The number of nitrogens with one attached hydrogen (secondary N) is 2. The van der Waals surface area contributed by atoms with Gasteiger partial charge in [0, 0.05) is 23.2 Å². The number of benzene rings is 2. The Kier molecular flexibility index (Phi) is 5.95. The third-order valence-corrected chi connectivity index (χ3v) is 4.95. The maximum Gasteiger partial charge on any atom is 0.338 e. The van der Waals surface area contributed by atoms with Crippen molar-refractivity contribution in [3.05, 3.63) is 59.8 Å². The number of rotatable bonds is 5. The number of urea groups is 1. The van der Waals surface area contributed by atoms with E-state index < -0.39 is 12.0 Å². The van der Waals surface area contributed by atoms with Crippen LogP contribution in [0.2, 0.25) is 0 Å². The number of carbonyl (C=O) groups is 2. The van der Waals surface area contributed by atoms with Gasteiger partial charge < -0.3 is 19.5 Å². The number of aromatic nitrogens is 2. The fourth-order valence-electron chi connectivity index (χ4n) is 3.27. The summed E-state index contributed by atoms with van der Waals surface area (Å²) in [7, 11) is 0. The van der Waals surface area contributed by atoms with Gasteiger partial charge in [0.1, 0.15) is 5.82 Å². The van der Waals surface area contributed by atoms with E-state index in [0.29, 0.717) is 34.3 Å². The highest BCUT2D eigenvalue weighted by molar-refractivity contribution is 5.99. The number of hydrogen-bond acceptors (Lipinski definition) is 6. The van der Waals surface area contributed by atoms with Crippen LogP contribution in [0, 0.1) is 0 Å². The Morgan fingerprint density at radius 1 is 1.06 bits per heavy atom. The molecular formula is C24H26N4O5. The van der Waals surface area contributed by atoms with Crippen LogP contribution in [-0.4, -0.2) is 35.2 Å². The van der Waals surface area contributed by atoms with Crippen molar-refractivity contribution in [1.82, 2.24) is 9.78 Å². The van der Waals surface area contributed by atoms with Gasteiger partial charge in [0.05, 0.1) is 23.6 Å². The van der Waals surface area contributed by atoms with E-state index in [4.69, 9.17) is 19.3 Å². The van der Waals surface area contributed by atoms with Gasteiger partial charge in [-0.3, -0.25) is 5.32 Å². The molecule has 0 saturated heterocycles. The van der Waals surface area contributed by atoms with Crippen molar-refractivity contribution in [1.29, 1.82) is 0 Å². The van der Waals surface area contributed by atoms with E-state index in [2.05, 4.69) is 10.6 Å². The molecule has 2 aromatic carbocycles. The van der Waals surface area contributed by atoms with E-state index >= 15 is 0 Å². The summed E-state index contributed by atoms with van der Waals surface area (Å²) in [6.07, 6.45) is 0. The molecule has 1 aliphatic heterocycles. The normalized spacial score (nSPS) is 12.4. The predicted molar refractivity (Wildman–Crippen MR) is 123 cm³/mol. The molecule has 2 heterocycles. The zero-order valence-corrected chi connectivity index (χ0v) is 19.0. The highest BCUT2D eigenvalue weighted by Gasteiger charge is 2.22. The molecule has 0 aliphatic carbocycles. The van der Waals surface area contributed by atoms with Crippen molar-refractivity contribution >= 4 is 23.5 Å². The first kappa shape index (κ1) is 22.2. The third-order valence-electron chi connectivity index (χ3n) is 4.95. The Morgan fingerprint density at radius 3 is 2.61 bits per heavy atom. The molecule has 0 spiro atoms. The van der Waals surface area contributed by atoms with Crippen molar-refractivity contribution in [2.75, 3.05) is 24.0 Å². The largest absolute Gasteiger partial charge is 0.462 e. The number of anilines is 2. The molecule has 172 valence electrons. The van der Waals surface area contributed by atoms with Gasteiger partial charge in [-0.1, -0.05) is 26.8 Å². The van der Waals surface area contributed by atoms with Gasteiger partial charge >= 0.3 is 12.0 Å². The van der Waals surface area contributed by atoms with Crippen LogP contribution in [0.25, 0.3) is 5.69 Å². The fourth-order valence-corrected chi connectivity index (χ4v) is 3.27. The second-order valence-corrected chi connectivity index (χ2v) is 8.49. The number of esters is 1. The predicted octanol–water partition coefficient (Wildman–Crippen LogP) is 4.72. The van der Waals surface area contributed by atoms with Gasteiger partial charge in [-0.15, -0.1) is 0 Å². The minimum absolute atomic E-state index is 0.157. The highest BCUT2D eigenvalue weighted by atomic mass is 16.7. The van der Waals surface area contributed by atoms with Crippen molar-refractivity contribution in [2.24, 2.45) is 0 Å². The summed E-state index contributed by atoms with van der Waals surface area (Å²) in [5.41, 5.74) is 2.10. The molecule has 2 N–H and O–H groups in total. The molecule has 9 heteroatoms. The Morgan fingerprint density at radius 2 is 1.85 bits per heavy atom. The van der Waals surface area contributed by atoms with E-state index in [0.717, 1.165) is 5.69 Å². The van der Waals surface area contributed by atoms with Crippen LogP contribution in [0.4, 0.5) is 16.3 Å². The smallest absolute Gasteiger partial charge is 0.338 e. The quantitative estimate of drug-likeness (QED) is 0.545. The number of hydrogen-bond donors (Lipinski definition) is 2. The average Bonchev–Trinajstić information content (AvgIpc) is 3.40. The number of amides is 2. The fraction of sp³-hybridized carbons (Fsp3) is 0.292. The Labute approximate surface area is 191 Å². The first-order chi connectivity index (χ1) is 15.7. The molecule has 0 fully saturated rings. The number of ether oxygens (including phenoxy) is 3. The summed E-state index contributed by atoms with van der Waals surface area (Å²) >= 11 is 0. The molecule has 0 atom stereocenters. The molecular weight excluding hydrogens is 424 g/mol. The second kappa shape index (κ2) is 8.85. The minimum atomic E-state index is -0.447. The van der Waals surface area contributed by atoms with Gasteiger partial charge in [0.25, 0.3) is 0 Å². The van der Waals surface area contributed by atoms with Crippen LogP contribution in [0.1, 0.15) is 43.7 Å². The van der Waals surface area contributed by atoms with E-state index in [1.54, 1.807) is 48.0 Å². The lowest BCUT2D eigenvalue weighted by atomic mass is 9.92. The lowest BCUT2D eigenvalue weighted by Crippen LogP contribution is -2.21. The van der Waals surface area contributed by atoms with Gasteiger partial charge in [-0.05, 0) is 37.3 Å². The zero-order chi connectivity index (χ0) is 23.6. The molecule has 2 amide bonds. The molecule has 0 radical (unpaired) electrons. The molecule has 0 bridgehead atoms. The lowest BCUT2D eigenvalue weighted by Gasteiger charge is -2.14. The van der Waals surface area contributed by atoms with Crippen LogP contribution in [0.15, 0.2) is 48.5 Å². The summed E-state index contributed by atoms with van der Waals surface area (Å²) in [6.45, 7) is 8.30. The van der Waals surface area contributed by atoms with Crippen LogP contribution in [0.3, 0.4) is 0 Å². The monoisotopic (exact) mass is 450 g/mol. The standard InChI is InChI=1S/C24H26N4O5/c1-5-31-22(29)15-7-6-8-17(11-15)28-21(13-20(27-28)24(2,3)4)26-23(30)25-16-9-10-18-19(12-16)33-14-32-18/h6-13H,5,14H2,1-4H3,(H2,25,26,30). The van der Waals surface area contributed by atoms with Crippen LogP contribution in [0.5, 0.6) is 11.5 Å². The summed E-state index contributed by atoms with van der Waals surface area (Å²) in [4.78, 5) is 25.0. The molecule has 0 saturated carbocycles. The van der Waals surface area contributed by atoms with Crippen molar-refractivity contribution < 1.29 is 23.8 Å². The Hall–Kier alpha value is -4.01. The first-order valence-corrected chi connectivity index (χ1v) is 10.6. The molecule has 4 rings (SSSR count).